The fourth-order valence-electron chi connectivity index (χ4n) is 1.53. The van der Waals surface area contributed by atoms with Crippen LogP contribution < -0.4 is 10.9 Å². The molecule has 0 aromatic carbocycles. The molecule has 0 aliphatic rings. The Balaban J connectivity index is 2.40. The first-order valence-electron chi connectivity index (χ1n) is 5.63. The average Bonchev–Trinajstić information content (AvgIpc) is 2.21. The van der Waals surface area contributed by atoms with Crippen molar-refractivity contribution in [2.24, 2.45) is 0 Å². The second-order valence-electron chi connectivity index (χ2n) is 3.76. The molecule has 0 fully saturated rings. The number of hydrogen-bond donors (Lipinski definition) is 1. The van der Waals surface area contributed by atoms with Gasteiger partial charge in [0.05, 0.1) is 0 Å². The van der Waals surface area contributed by atoms with Crippen molar-refractivity contribution in [1.29, 1.82) is 0 Å². The van der Waals surface area contributed by atoms with Crippen molar-refractivity contribution >= 4 is 0 Å². The van der Waals surface area contributed by atoms with Crippen LogP contribution in [0, 0.1) is 6.92 Å². The topological polar surface area (TPSA) is 34.0 Å². The molecule has 3 nitrogen and oxygen atoms in total. The monoisotopic (exact) mass is 208 g/mol. The van der Waals surface area contributed by atoms with Gasteiger partial charge in [-0.15, -0.1) is 0 Å². The molecule has 0 radical (unpaired) electrons. The number of pyridine rings is 1. The predicted octanol–water partition coefficient (Wildman–Crippen LogP) is 1.55. The summed E-state index contributed by atoms with van der Waals surface area (Å²) in [6.07, 6.45) is 2.40. The molecule has 0 spiro atoms. The van der Waals surface area contributed by atoms with E-state index in [1.54, 1.807) is 16.7 Å². The number of aromatic nitrogens is 1. The minimum atomic E-state index is 0.0901. The van der Waals surface area contributed by atoms with E-state index in [0.717, 1.165) is 25.3 Å². The minimum Gasteiger partial charge on any atom is -0.315 e. The first kappa shape index (κ1) is 12.0. The van der Waals surface area contributed by atoms with Gasteiger partial charge in [-0.3, -0.25) is 4.79 Å². The minimum absolute atomic E-state index is 0.0901. The highest BCUT2D eigenvalue weighted by molar-refractivity contribution is 5.04. The lowest BCUT2D eigenvalue weighted by Gasteiger charge is -2.09. The number of nitrogens with zero attached hydrogens (tertiary/aromatic N) is 1. The molecule has 0 aliphatic heterocycles. The van der Waals surface area contributed by atoms with Crippen LogP contribution in [0.15, 0.2) is 23.0 Å². The maximum absolute atomic E-state index is 11.5. The number of unbranched alkanes of at least 4 members (excludes halogenated alkanes) is 1. The van der Waals surface area contributed by atoms with Gasteiger partial charge in [0.1, 0.15) is 0 Å². The lowest BCUT2D eigenvalue weighted by Crippen LogP contribution is -2.28. The van der Waals surface area contributed by atoms with Crippen molar-refractivity contribution < 1.29 is 0 Å². The van der Waals surface area contributed by atoms with E-state index in [1.807, 2.05) is 13.0 Å². The summed E-state index contributed by atoms with van der Waals surface area (Å²) in [5.41, 5.74) is 1.12. The Kier molecular flexibility index (Phi) is 5.12. The van der Waals surface area contributed by atoms with Gasteiger partial charge < -0.3 is 9.88 Å². The molecule has 1 aromatic rings. The van der Waals surface area contributed by atoms with Crippen LogP contribution in [0.4, 0.5) is 0 Å². The van der Waals surface area contributed by atoms with Gasteiger partial charge in [-0.05, 0) is 26.0 Å². The summed E-state index contributed by atoms with van der Waals surface area (Å²) in [4.78, 5) is 11.5. The third-order valence-electron chi connectivity index (χ3n) is 2.49. The van der Waals surface area contributed by atoms with Gasteiger partial charge in [0.25, 0.3) is 5.56 Å². The Morgan fingerprint density at radius 2 is 2.13 bits per heavy atom. The Bertz CT molecular complexity index is 344. The quantitative estimate of drug-likeness (QED) is 0.720. The van der Waals surface area contributed by atoms with Crippen LogP contribution in [0.25, 0.3) is 0 Å². The van der Waals surface area contributed by atoms with Gasteiger partial charge in [-0.2, -0.15) is 0 Å². The molecule has 1 aromatic heterocycles. The molecule has 0 saturated heterocycles. The van der Waals surface area contributed by atoms with E-state index in [4.69, 9.17) is 0 Å². The predicted molar refractivity (Wildman–Crippen MR) is 63.2 cm³/mol. The molecule has 15 heavy (non-hydrogen) atoms. The SMILES string of the molecule is CCCCNCCn1c(C)cccc1=O. The number of rotatable bonds is 6. The summed E-state index contributed by atoms with van der Waals surface area (Å²) in [6, 6.07) is 5.38. The van der Waals surface area contributed by atoms with Crippen molar-refractivity contribution in [3.8, 4) is 0 Å². The zero-order chi connectivity index (χ0) is 11.1. The largest absolute Gasteiger partial charge is 0.315 e. The molecular formula is C12H20N2O. The lowest BCUT2D eigenvalue weighted by molar-refractivity contribution is 0.562. The van der Waals surface area contributed by atoms with Gasteiger partial charge in [0, 0.05) is 24.8 Å². The molecule has 1 N–H and O–H groups in total. The van der Waals surface area contributed by atoms with Gasteiger partial charge in [-0.25, -0.2) is 0 Å². The maximum atomic E-state index is 11.5. The van der Waals surface area contributed by atoms with Crippen LogP contribution in [0.1, 0.15) is 25.5 Å². The van der Waals surface area contributed by atoms with E-state index in [-0.39, 0.29) is 5.56 Å². The van der Waals surface area contributed by atoms with Crippen LogP contribution in [-0.2, 0) is 6.54 Å². The first-order valence-corrected chi connectivity index (χ1v) is 5.63. The van der Waals surface area contributed by atoms with E-state index < -0.39 is 0 Å². The number of hydrogen-bond acceptors (Lipinski definition) is 2. The maximum Gasteiger partial charge on any atom is 0.250 e. The Morgan fingerprint density at radius 3 is 2.80 bits per heavy atom. The summed E-state index contributed by atoms with van der Waals surface area (Å²) in [7, 11) is 0. The highest BCUT2D eigenvalue weighted by Crippen LogP contribution is 1.92. The number of aryl methyl sites for hydroxylation is 1. The van der Waals surface area contributed by atoms with E-state index in [9.17, 15) is 4.79 Å². The zero-order valence-corrected chi connectivity index (χ0v) is 9.62. The molecule has 0 atom stereocenters. The molecule has 0 aliphatic carbocycles. The molecule has 0 amide bonds. The fraction of sp³-hybridized carbons (Fsp3) is 0.583. The highest BCUT2D eigenvalue weighted by Gasteiger charge is 1.97. The normalized spacial score (nSPS) is 10.5. The molecular weight excluding hydrogens is 188 g/mol. The molecule has 3 heteroatoms. The van der Waals surface area contributed by atoms with Crippen molar-refractivity contribution in [2.75, 3.05) is 13.1 Å². The molecule has 84 valence electrons. The third kappa shape index (κ3) is 3.88. The molecule has 1 rings (SSSR count). The van der Waals surface area contributed by atoms with Crippen molar-refractivity contribution in [1.82, 2.24) is 9.88 Å². The van der Waals surface area contributed by atoms with E-state index in [2.05, 4.69) is 12.2 Å². The molecule has 0 unspecified atom stereocenters. The van der Waals surface area contributed by atoms with Gasteiger partial charge in [0.15, 0.2) is 0 Å². The van der Waals surface area contributed by atoms with Crippen LogP contribution >= 0.6 is 0 Å². The summed E-state index contributed by atoms with van der Waals surface area (Å²) >= 11 is 0. The van der Waals surface area contributed by atoms with Gasteiger partial charge in [-0.1, -0.05) is 19.4 Å². The van der Waals surface area contributed by atoms with E-state index in [0.29, 0.717) is 0 Å². The summed E-state index contributed by atoms with van der Waals surface area (Å²) in [6.45, 7) is 6.80. The Morgan fingerprint density at radius 1 is 1.33 bits per heavy atom. The molecule has 0 bridgehead atoms. The first-order chi connectivity index (χ1) is 7.25. The Labute approximate surface area is 91.1 Å². The molecule has 1 heterocycles. The third-order valence-corrected chi connectivity index (χ3v) is 2.49. The van der Waals surface area contributed by atoms with Crippen LogP contribution in [-0.4, -0.2) is 17.7 Å². The van der Waals surface area contributed by atoms with Crippen LogP contribution in [0.2, 0.25) is 0 Å². The average molecular weight is 208 g/mol. The summed E-state index contributed by atoms with van der Waals surface area (Å²) in [5, 5.41) is 3.33. The van der Waals surface area contributed by atoms with Crippen molar-refractivity contribution in [3.63, 3.8) is 0 Å². The Hall–Kier alpha value is -1.09. The lowest BCUT2D eigenvalue weighted by atomic mass is 10.3. The van der Waals surface area contributed by atoms with Crippen LogP contribution in [0.3, 0.4) is 0 Å². The standard InChI is InChI=1S/C12H20N2O/c1-3-4-8-13-9-10-14-11(2)6-5-7-12(14)15/h5-7,13H,3-4,8-10H2,1-2H3. The van der Waals surface area contributed by atoms with Crippen LogP contribution in [0.5, 0.6) is 0 Å². The van der Waals surface area contributed by atoms with Gasteiger partial charge >= 0.3 is 0 Å². The molecule has 0 saturated carbocycles. The summed E-state index contributed by atoms with van der Waals surface area (Å²) in [5.74, 6) is 0. The van der Waals surface area contributed by atoms with E-state index >= 15 is 0 Å². The second-order valence-corrected chi connectivity index (χ2v) is 3.76. The van der Waals surface area contributed by atoms with Crippen molar-refractivity contribution in [2.45, 2.75) is 33.2 Å². The summed E-state index contributed by atoms with van der Waals surface area (Å²) < 4.78 is 1.80. The zero-order valence-electron chi connectivity index (χ0n) is 9.62. The fourth-order valence-corrected chi connectivity index (χ4v) is 1.53. The second kappa shape index (κ2) is 6.40. The smallest absolute Gasteiger partial charge is 0.250 e. The van der Waals surface area contributed by atoms with Crippen molar-refractivity contribution in [3.05, 3.63) is 34.2 Å². The van der Waals surface area contributed by atoms with E-state index in [1.165, 1.54) is 12.8 Å². The van der Waals surface area contributed by atoms with Gasteiger partial charge in [0.2, 0.25) is 0 Å². The highest BCUT2D eigenvalue weighted by atomic mass is 16.1. The number of nitrogens with one attached hydrogen (secondary N) is 1.